The molecule has 7 heteroatoms. The maximum Gasteiger partial charge on any atom is 0.337 e. The number of oxazole rings is 1. The summed E-state index contributed by atoms with van der Waals surface area (Å²) in [7, 11) is 1.38. The smallest absolute Gasteiger partial charge is 0.337 e. The van der Waals surface area contributed by atoms with Crippen molar-refractivity contribution in [3.8, 4) is 23.0 Å². The zero-order valence-electron chi connectivity index (χ0n) is 19.5. The molecule has 0 spiro atoms. The number of esters is 1. The molecule has 0 saturated carbocycles. The molecular formula is C28H25N3O4. The highest BCUT2D eigenvalue weighted by Gasteiger charge is 2.21. The molecule has 1 aliphatic rings. The molecule has 3 aromatic heterocycles. The van der Waals surface area contributed by atoms with Crippen molar-refractivity contribution in [1.82, 2.24) is 14.5 Å². The Morgan fingerprint density at radius 1 is 1.09 bits per heavy atom. The number of ether oxygens (including phenoxy) is 1. The summed E-state index contributed by atoms with van der Waals surface area (Å²) in [5.41, 5.74) is 5.91. The molecule has 176 valence electrons. The fraction of sp³-hybridized carbons (Fsp3) is 0.250. The molecule has 35 heavy (non-hydrogen) atoms. The van der Waals surface area contributed by atoms with Crippen LogP contribution in [0.2, 0.25) is 0 Å². The van der Waals surface area contributed by atoms with E-state index in [1.54, 1.807) is 18.4 Å². The lowest BCUT2D eigenvalue weighted by atomic mass is 9.97. The molecule has 0 fully saturated rings. The largest absolute Gasteiger partial charge is 0.465 e. The minimum absolute atomic E-state index is 0.379. The zero-order valence-corrected chi connectivity index (χ0v) is 19.5. The van der Waals surface area contributed by atoms with E-state index >= 15 is 0 Å². The van der Waals surface area contributed by atoms with Gasteiger partial charge in [0.1, 0.15) is 11.3 Å². The highest BCUT2D eigenvalue weighted by atomic mass is 16.5. The van der Waals surface area contributed by atoms with E-state index in [-0.39, 0.29) is 5.97 Å². The number of aromatic nitrogens is 3. The van der Waals surface area contributed by atoms with Crippen LogP contribution in [-0.2, 0) is 11.3 Å². The molecule has 0 N–H and O–H groups in total. The molecule has 0 bridgehead atoms. The van der Waals surface area contributed by atoms with Gasteiger partial charge < -0.3 is 18.1 Å². The van der Waals surface area contributed by atoms with Crippen molar-refractivity contribution in [2.24, 2.45) is 0 Å². The normalized spacial score (nSPS) is 13.9. The number of fused-ring (bicyclic) bond motifs is 2. The van der Waals surface area contributed by atoms with Crippen molar-refractivity contribution in [3.63, 3.8) is 0 Å². The fourth-order valence-electron chi connectivity index (χ4n) is 4.82. The highest BCUT2D eigenvalue weighted by Crippen LogP contribution is 2.35. The Bertz CT molecular complexity index is 1560. The Morgan fingerprint density at radius 3 is 2.83 bits per heavy atom. The molecule has 0 radical (unpaired) electrons. The minimum atomic E-state index is -0.379. The van der Waals surface area contributed by atoms with Crippen LogP contribution in [0.3, 0.4) is 0 Å². The van der Waals surface area contributed by atoms with E-state index in [1.807, 2.05) is 36.4 Å². The number of hydrogen-bond donors (Lipinski definition) is 0. The Kier molecular flexibility index (Phi) is 5.45. The Morgan fingerprint density at radius 2 is 2.03 bits per heavy atom. The van der Waals surface area contributed by atoms with Crippen molar-refractivity contribution in [2.45, 2.75) is 38.6 Å². The number of para-hydroxylation sites is 1. The number of rotatable bonds is 6. The summed E-state index contributed by atoms with van der Waals surface area (Å²) in [6.45, 7) is 0.783. The highest BCUT2D eigenvalue weighted by molar-refractivity contribution is 5.96. The maximum absolute atomic E-state index is 12.1. The van der Waals surface area contributed by atoms with Crippen LogP contribution in [0.5, 0.6) is 0 Å². The van der Waals surface area contributed by atoms with Gasteiger partial charge in [-0.3, -0.25) is 0 Å². The lowest BCUT2D eigenvalue weighted by Gasteiger charge is -2.15. The predicted molar refractivity (Wildman–Crippen MR) is 133 cm³/mol. The molecule has 0 unspecified atom stereocenters. The quantitative estimate of drug-likeness (QED) is 0.202. The van der Waals surface area contributed by atoms with Gasteiger partial charge in [0.2, 0.25) is 0 Å². The molecule has 0 atom stereocenters. The van der Waals surface area contributed by atoms with Gasteiger partial charge in [0, 0.05) is 6.54 Å². The summed E-state index contributed by atoms with van der Waals surface area (Å²) in [6, 6.07) is 15.0. The monoisotopic (exact) mass is 467 g/mol. The van der Waals surface area contributed by atoms with Gasteiger partial charge in [-0.25, -0.2) is 14.8 Å². The first-order valence-electron chi connectivity index (χ1n) is 11.9. The van der Waals surface area contributed by atoms with E-state index in [2.05, 4.69) is 15.6 Å². The molecule has 2 aromatic carbocycles. The average molecular weight is 468 g/mol. The first-order valence-corrected chi connectivity index (χ1v) is 11.9. The van der Waals surface area contributed by atoms with Gasteiger partial charge in [0.15, 0.2) is 11.3 Å². The van der Waals surface area contributed by atoms with Crippen LogP contribution in [0.1, 0.15) is 42.5 Å². The molecule has 0 amide bonds. The van der Waals surface area contributed by atoms with Crippen LogP contribution in [0.25, 0.3) is 45.2 Å². The molecular weight excluding hydrogens is 442 g/mol. The first kappa shape index (κ1) is 21.4. The van der Waals surface area contributed by atoms with Gasteiger partial charge in [-0.1, -0.05) is 17.7 Å². The Hall–Kier alpha value is -4.13. The molecule has 3 heterocycles. The van der Waals surface area contributed by atoms with Crippen LogP contribution >= 0.6 is 0 Å². The number of hydrogen-bond acceptors (Lipinski definition) is 6. The fourth-order valence-corrected chi connectivity index (χ4v) is 4.82. The van der Waals surface area contributed by atoms with Crippen LogP contribution in [0.4, 0.5) is 0 Å². The van der Waals surface area contributed by atoms with Gasteiger partial charge in [-0.15, -0.1) is 0 Å². The third-order valence-electron chi connectivity index (χ3n) is 6.60. The average Bonchev–Trinajstić information content (AvgIpc) is 3.65. The Labute approximate surface area is 202 Å². The van der Waals surface area contributed by atoms with E-state index in [1.165, 1.54) is 25.5 Å². The summed E-state index contributed by atoms with van der Waals surface area (Å²) in [5, 5.41) is 0. The van der Waals surface area contributed by atoms with Crippen molar-refractivity contribution in [1.29, 1.82) is 0 Å². The van der Waals surface area contributed by atoms with Crippen LogP contribution in [0, 0.1) is 0 Å². The van der Waals surface area contributed by atoms with Gasteiger partial charge in [0.05, 0.1) is 35.5 Å². The second kappa shape index (κ2) is 8.91. The third kappa shape index (κ3) is 3.93. The van der Waals surface area contributed by atoms with Gasteiger partial charge in [-0.05, 0) is 74.6 Å². The van der Waals surface area contributed by atoms with Crippen molar-refractivity contribution in [2.75, 3.05) is 7.11 Å². The first-order chi connectivity index (χ1) is 17.2. The molecule has 1 aliphatic carbocycles. The lowest BCUT2D eigenvalue weighted by Crippen LogP contribution is -2.04. The number of methoxy groups -OCH3 is 1. The molecule has 7 nitrogen and oxygen atoms in total. The maximum atomic E-state index is 12.1. The SMILES string of the molecule is COC(=O)c1ccc2c(c1)nc(-c1cccc3nc(-c4ccco4)oc13)n2CCC1=CCCCC1. The number of carbonyl (C=O) groups is 1. The van der Waals surface area contributed by atoms with Crippen LogP contribution in [-0.4, -0.2) is 27.6 Å². The number of imidazole rings is 1. The lowest BCUT2D eigenvalue weighted by molar-refractivity contribution is 0.0601. The summed E-state index contributed by atoms with van der Waals surface area (Å²) >= 11 is 0. The van der Waals surface area contributed by atoms with E-state index in [9.17, 15) is 4.79 Å². The van der Waals surface area contributed by atoms with Crippen LogP contribution < -0.4 is 0 Å². The zero-order chi connectivity index (χ0) is 23.8. The van der Waals surface area contributed by atoms with Crippen molar-refractivity contribution in [3.05, 3.63) is 72.0 Å². The Balaban J connectivity index is 1.49. The van der Waals surface area contributed by atoms with E-state index in [0.717, 1.165) is 53.7 Å². The second-order valence-electron chi connectivity index (χ2n) is 8.79. The third-order valence-corrected chi connectivity index (χ3v) is 6.60. The van der Waals surface area contributed by atoms with E-state index in [4.69, 9.17) is 18.6 Å². The van der Waals surface area contributed by atoms with Crippen LogP contribution in [0.15, 0.2) is 75.3 Å². The second-order valence-corrected chi connectivity index (χ2v) is 8.79. The summed E-state index contributed by atoms with van der Waals surface area (Å²) in [6.07, 6.45) is 9.76. The van der Waals surface area contributed by atoms with Gasteiger partial charge >= 0.3 is 5.97 Å². The number of nitrogens with zero attached hydrogens (tertiary/aromatic N) is 3. The topological polar surface area (TPSA) is 83.3 Å². The summed E-state index contributed by atoms with van der Waals surface area (Å²) in [4.78, 5) is 21.7. The van der Waals surface area contributed by atoms with Crippen molar-refractivity contribution < 1.29 is 18.4 Å². The molecule has 0 saturated heterocycles. The standard InChI is InChI=1S/C28H25N3O4/c1-33-28(32)19-12-13-23-22(17-19)29-26(31(23)15-14-18-7-3-2-4-8-18)20-9-5-10-21-25(20)35-27(30-21)24-11-6-16-34-24/h5-7,9-13,16-17H,2-4,8,14-15H2,1H3. The van der Waals surface area contributed by atoms with E-state index in [0.29, 0.717) is 22.8 Å². The number of furan rings is 1. The molecule has 5 aromatic rings. The van der Waals surface area contributed by atoms with Gasteiger partial charge in [-0.2, -0.15) is 0 Å². The molecule has 6 rings (SSSR count). The predicted octanol–water partition coefficient (Wildman–Crippen LogP) is 6.78. The van der Waals surface area contributed by atoms with E-state index < -0.39 is 0 Å². The number of allylic oxidation sites excluding steroid dienone is 2. The molecule has 0 aliphatic heterocycles. The summed E-state index contributed by atoms with van der Waals surface area (Å²) in [5.74, 6) is 1.41. The number of aryl methyl sites for hydroxylation is 1. The van der Waals surface area contributed by atoms with Crippen molar-refractivity contribution >= 4 is 28.1 Å². The number of carbonyl (C=O) groups excluding carboxylic acids is 1. The minimum Gasteiger partial charge on any atom is -0.465 e. The number of benzene rings is 2. The summed E-state index contributed by atoms with van der Waals surface area (Å²) < 4.78 is 18.8. The van der Waals surface area contributed by atoms with Gasteiger partial charge in [0.25, 0.3) is 5.89 Å².